The van der Waals surface area contributed by atoms with Crippen molar-refractivity contribution in [1.29, 1.82) is 0 Å². The first kappa shape index (κ1) is 16.5. The third-order valence-electron chi connectivity index (χ3n) is 5.39. The summed E-state index contributed by atoms with van der Waals surface area (Å²) in [6.07, 6.45) is -0.972. The summed E-state index contributed by atoms with van der Waals surface area (Å²) in [7, 11) is 0. The van der Waals surface area contributed by atoms with Crippen molar-refractivity contribution in [3.05, 3.63) is 69.2 Å². The second kappa shape index (κ2) is 5.51. The van der Waals surface area contributed by atoms with E-state index in [1.54, 1.807) is 24.8 Å². The van der Waals surface area contributed by atoms with Gasteiger partial charge in [-0.2, -0.15) is 0 Å². The molecule has 0 unspecified atom stereocenters. The largest absolute Gasteiger partial charge is 0.390 e. The zero-order valence-corrected chi connectivity index (χ0v) is 15.6. The van der Waals surface area contributed by atoms with Crippen LogP contribution in [0.25, 0.3) is 0 Å². The van der Waals surface area contributed by atoms with E-state index in [4.69, 9.17) is 0 Å². The number of hydrogen-bond acceptors (Lipinski definition) is 3. The van der Waals surface area contributed by atoms with Gasteiger partial charge in [-0.15, -0.1) is 0 Å². The Balaban J connectivity index is 1.87. The summed E-state index contributed by atoms with van der Waals surface area (Å²) in [5.41, 5.74) is 1.94. The Morgan fingerprint density at radius 1 is 1.12 bits per heavy atom. The van der Waals surface area contributed by atoms with E-state index in [0.29, 0.717) is 23.2 Å². The molecule has 0 fully saturated rings. The van der Waals surface area contributed by atoms with Crippen molar-refractivity contribution < 1.29 is 14.7 Å². The van der Waals surface area contributed by atoms with Crippen molar-refractivity contribution in [2.75, 3.05) is 0 Å². The lowest BCUT2D eigenvalue weighted by Crippen LogP contribution is -2.51. The quantitative estimate of drug-likeness (QED) is 0.794. The number of benzene rings is 2. The number of aliphatic hydroxyl groups excluding tert-OH is 1. The van der Waals surface area contributed by atoms with Crippen molar-refractivity contribution in [3.8, 4) is 0 Å². The third-order valence-corrected chi connectivity index (χ3v) is 5.88. The predicted molar refractivity (Wildman–Crippen MR) is 97.3 cm³/mol. The number of carbonyl (C=O) groups excluding carboxylic acids is 2. The van der Waals surface area contributed by atoms with E-state index in [0.717, 1.165) is 10.0 Å². The number of hydrogen-bond donors (Lipinski definition) is 1. The molecule has 5 heteroatoms. The molecule has 1 heterocycles. The number of amides is 1. The molecule has 1 N–H and O–H groups in total. The second-order valence-electron chi connectivity index (χ2n) is 7.26. The van der Waals surface area contributed by atoms with Gasteiger partial charge in [-0.1, -0.05) is 34.1 Å². The minimum absolute atomic E-state index is 0.0945. The molecule has 2 aliphatic rings. The standard InChI is InChI=1S/C20H18BrNO3/c1-20(2)17(23)14-8-7-12(21)9-15(14)16(18(20)24)22-10-11-5-3-4-6-13(11)19(22)25/h3-9,16,18,24H,10H2,1-2H3/t16-,18+/m1/s1. The summed E-state index contributed by atoms with van der Waals surface area (Å²) in [5.74, 6) is -0.196. The molecule has 0 saturated carbocycles. The monoisotopic (exact) mass is 399 g/mol. The maximum Gasteiger partial charge on any atom is 0.255 e. The molecule has 0 bridgehead atoms. The van der Waals surface area contributed by atoms with Gasteiger partial charge in [0.05, 0.1) is 17.6 Å². The van der Waals surface area contributed by atoms with Crippen LogP contribution in [0.15, 0.2) is 46.9 Å². The number of fused-ring (bicyclic) bond motifs is 2. The van der Waals surface area contributed by atoms with Crippen LogP contribution in [0.1, 0.15) is 51.7 Å². The molecule has 1 aliphatic carbocycles. The van der Waals surface area contributed by atoms with Crippen molar-refractivity contribution in [3.63, 3.8) is 0 Å². The SMILES string of the molecule is CC1(C)C(=O)c2ccc(Br)cc2[C@@H](N2Cc3ccccc3C2=O)[C@@H]1O. The van der Waals surface area contributed by atoms with Gasteiger partial charge in [0.2, 0.25) is 0 Å². The molecule has 4 rings (SSSR count). The average Bonchev–Trinajstić information content (AvgIpc) is 2.91. The third kappa shape index (κ3) is 2.29. The highest BCUT2D eigenvalue weighted by atomic mass is 79.9. The van der Waals surface area contributed by atoms with Gasteiger partial charge in [0.1, 0.15) is 0 Å². The molecule has 0 saturated heterocycles. The first-order valence-electron chi connectivity index (χ1n) is 8.23. The van der Waals surface area contributed by atoms with Gasteiger partial charge in [0.25, 0.3) is 5.91 Å². The summed E-state index contributed by atoms with van der Waals surface area (Å²) < 4.78 is 0.820. The van der Waals surface area contributed by atoms with Crippen LogP contribution in [-0.4, -0.2) is 27.8 Å². The highest BCUT2D eigenvalue weighted by Crippen LogP contribution is 2.46. The summed E-state index contributed by atoms with van der Waals surface area (Å²) in [6.45, 7) is 3.92. The molecule has 25 heavy (non-hydrogen) atoms. The molecule has 0 aromatic heterocycles. The number of Topliss-reactive ketones (excluding diaryl/α,β-unsaturated/α-hetero) is 1. The number of halogens is 1. The fourth-order valence-electron chi connectivity index (χ4n) is 3.87. The highest BCUT2D eigenvalue weighted by Gasteiger charge is 2.51. The molecule has 4 nitrogen and oxygen atoms in total. The van der Waals surface area contributed by atoms with Gasteiger partial charge >= 0.3 is 0 Å². The Labute approximate surface area is 154 Å². The minimum atomic E-state index is -0.972. The van der Waals surface area contributed by atoms with E-state index in [9.17, 15) is 14.7 Å². The van der Waals surface area contributed by atoms with Gasteiger partial charge in [-0.25, -0.2) is 0 Å². The zero-order chi connectivity index (χ0) is 17.9. The average molecular weight is 400 g/mol. The number of nitrogens with zero attached hydrogens (tertiary/aromatic N) is 1. The lowest BCUT2D eigenvalue weighted by Gasteiger charge is -2.44. The van der Waals surface area contributed by atoms with E-state index < -0.39 is 17.6 Å². The summed E-state index contributed by atoms with van der Waals surface area (Å²) in [4.78, 5) is 27.5. The number of carbonyl (C=O) groups is 2. The molecule has 1 aliphatic heterocycles. The molecule has 2 atom stereocenters. The van der Waals surface area contributed by atoms with E-state index in [2.05, 4.69) is 15.9 Å². The van der Waals surface area contributed by atoms with E-state index in [1.807, 2.05) is 36.4 Å². The molecule has 0 spiro atoms. The van der Waals surface area contributed by atoms with Crippen LogP contribution < -0.4 is 0 Å². The molecule has 0 radical (unpaired) electrons. The van der Waals surface area contributed by atoms with Crippen molar-refractivity contribution in [2.45, 2.75) is 32.5 Å². The molecule has 2 aromatic carbocycles. The van der Waals surface area contributed by atoms with Gasteiger partial charge in [0.15, 0.2) is 5.78 Å². The Morgan fingerprint density at radius 3 is 2.56 bits per heavy atom. The number of rotatable bonds is 1. The zero-order valence-electron chi connectivity index (χ0n) is 14.0. The lowest BCUT2D eigenvalue weighted by atomic mass is 9.68. The van der Waals surface area contributed by atoms with Crippen LogP contribution in [0, 0.1) is 5.41 Å². The second-order valence-corrected chi connectivity index (χ2v) is 8.18. The summed E-state index contributed by atoms with van der Waals surface area (Å²) >= 11 is 3.44. The van der Waals surface area contributed by atoms with Crippen LogP contribution in [0.2, 0.25) is 0 Å². The number of ketones is 1. The van der Waals surface area contributed by atoms with Gasteiger partial charge in [0, 0.05) is 22.1 Å². The molecule has 2 aromatic rings. The predicted octanol–water partition coefficient (Wildman–Crippen LogP) is 3.73. The lowest BCUT2D eigenvalue weighted by molar-refractivity contribution is -0.0201. The van der Waals surface area contributed by atoms with Crippen LogP contribution in [0.5, 0.6) is 0 Å². The van der Waals surface area contributed by atoms with Gasteiger partial charge < -0.3 is 10.0 Å². The Hall–Kier alpha value is -1.98. The van der Waals surface area contributed by atoms with E-state index in [-0.39, 0.29) is 11.7 Å². The molecular weight excluding hydrogens is 382 g/mol. The van der Waals surface area contributed by atoms with Crippen LogP contribution in [-0.2, 0) is 6.54 Å². The highest BCUT2D eigenvalue weighted by molar-refractivity contribution is 9.10. The molecule has 128 valence electrons. The Morgan fingerprint density at radius 2 is 1.84 bits per heavy atom. The Kier molecular flexibility index (Phi) is 3.63. The fraction of sp³-hybridized carbons (Fsp3) is 0.300. The first-order chi connectivity index (χ1) is 11.8. The van der Waals surface area contributed by atoms with Gasteiger partial charge in [-0.3, -0.25) is 9.59 Å². The summed E-state index contributed by atoms with van der Waals surface area (Å²) in [6, 6.07) is 12.4. The Bertz CT molecular complexity index is 906. The molecule has 1 amide bonds. The topological polar surface area (TPSA) is 57.6 Å². The van der Waals surface area contributed by atoms with Crippen LogP contribution >= 0.6 is 15.9 Å². The summed E-state index contributed by atoms with van der Waals surface area (Å²) in [5, 5.41) is 11.0. The first-order valence-corrected chi connectivity index (χ1v) is 9.03. The van der Waals surface area contributed by atoms with Crippen LogP contribution in [0.4, 0.5) is 0 Å². The van der Waals surface area contributed by atoms with Crippen molar-refractivity contribution in [2.24, 2.45) is 5.41 Å². The maximum atomic E-state index is 12.9. The van der Waals surface area contributed by atoms with Gasteiger partial charge in [-0.05, 0) is 49.2 Å². The number of aliphatic hydroxyl groups is 1. The molecular formula is C20H18BrNO3. The maximum absolute atomic E-state index is 12.9. The van der Waals surface area contributed by atoms with Crippen molar-refractivity contribution >= 4 is 27.6 Å². The fourth-order valence-corrected chi connectivity index (χ4v) is 4.25. The minimum Gasteiger partial charge on any atom is -0.390 e. The normalized spacial score (nSPS) is 24.2. The van der Waals surface area contributed by atoms with E-state index in [1.165, 1.54) is 0 Å². The van der Waals surface area contributed by atoms with Crippen LogP contribution in [0.3, 0.4) is 0 Å². The van der Waals surface area contributed by atoms with E-state index >= 15 is 0 Å². The smallest absolute Gasteiger partial charge is 0.255 e. The van der Waals surface area contributed by atoms with Crippen molar-refractivity contribution in [1.82, 2.24) is 4.90 Å².